The van der Waals surface area contributed by atoms with Crippen molar-refractivity contribution < 1.29 is 24.3 Å². The van der Waals surface area contributed by atoms with Gasteiger partial charge in [-0.2, -0.15) is 0 Å². The van der Waals surface area contributed by atoms with Gasteiger partial charge in [0.25, 0.3) is 0 Å². The number of rotatable bonds is 2. The van der Waals surface area contributed by atoms with Crippen LogP contribution in [-0.2, 0) is 14.4 Å². The van der Waals surface area contributed by atoms with Crippen LogP contribution in [0, 0.1) is 11.8 Å². The van der Waals surface area contributed by atoms with Gasteiger partial charge in [-0.15, -0.1) is 0 Å². The molecule has 4 amide bonds. The van der Waals surface area contributed by atoms with Crippen LogP contribution in [0.5, 0.6) is 0 Å². The first-order chi connectivity index (χ1) is 9.38. The predicted molar refractivity (Wildman–Crippen MR) is 66.6 cm³/mol. The smallest absolute Gasteiger partial charge is 0.318 e. The molecule has 0 aliphatic carbocycles. The number of carboxylic acid groups (broad SMARTS) is 1. The topological polar surface area (TPSA) is 116 Å². The Morgan fingerprint density at radius 1 is 1.35 bits per heavy atom. The maximum atomic E-state index is 12.0. The number of nitrogens with zero attached hydrogens (tertiary/aromatic N) is 1. The summed E-state index contributed by atoms with van der Waals surface area (Å²) in [4.78, 5) is 46.9. The van der Waals surface area contributed by atoms with Gasteiger partial charge in [-0.25, -0.2) is 4.79 Å². The normalized spacial score (nSPS) is 30.1. The number of urea groups is 1. The molecule has 2 aliphatic rings. The minimum Gasteiger partial charge on any atom is -0.481 e. The molecule has 8 nitrogen and oxygen atoms in total. The van der Waals surface area contributed by atoms with Crippen molar-refractivity contribution in [1.82, 2.24) is 15.5 Å². The van der Waals surface area contributed by atoms with Crippen LogP contribution in [0.15, 0.2) is 0 Å². The Morgan fingerprint density at radius 2 is 2.05 bits per heavy atom. The van der Waals surface area contributed by atoms with Crippen LogP contribution in [0.2, 0.25) is 0 Å². The van der Waals surface area contributed by atoms with Gasteiger partial charge in [0.15, 0.2) is 0 Å². The Bertz CT molecular complexity index is 464. The molecule has 0 aromatic carbocycles. The van der Waals surface area contributed by atoms with Gasteiger partial charge in [-0.05, 0) is 12.3 Å². The number of likely N-dealkylation sites (tertiary alicyclic amines) is 1. The molecule has 0 spiro atoms. The Hall–Kier alpha value is -2.12. The predicted octanol–water partition coefficient (Wildman–Crippen LogP) is -0.846. The average Bonchev–Trinajstić information content (AvgIpc) is 2.75. The third-order valence-corrected chi connectivity index (χ3v) is 3.75. The van der Waals surface area contributed by atoms with Crippen LogP contribution in [0.3, 0.4) is 0 Å². The van der Waals surface area contributed by atoms with E-state index in [2.05, 4.69) is 10.6 Å². The minimum absolute atomic E-state index is 0.125. The van der Waals surface area contributed by atoms with Gasteiger partial charge in [-0.3, -0.25) is 19.7 Å². The van der Waals surface area contributed by atoms with E-state index in [1.54, 1.807) is 6.92 Å². The molecule has 8 heteroatoms. The molecule has 2 fully saturated rings. The number of aliphatic carboxylic acids is 1. The number of carbonyl (C=O) groups excluding carboxylic acids is 3. The zero-order chi connectivity index (χ0) is 14.9. The van der Waals surface area contributed by atoms with Crippen molar-refractivity contribution in [2.75, 3.05) is 13.1 Å². The van der Waals surface area contributed by atoms with Gasteiger partial charge in [0.05, 0.1) is 5.92 Å². The molecule has 3 atom stereocenters. The lowest BCUT2D eigenvalue weighted by atomic mass is 9.99. The number of nitrogens with one attached hydrogen (secondary N) is 2. The summed E-state index contributed by atoms with van der Waals surface area (Å²) in [5.41, 5.74) is 0. The zero-order valence-electron chi connectivity index (χ0n) is 11.1. The fourth-order valence-corrected chi connectivity index (χ4v) is 2.53. The number of hydrogen-bond donors (Lipinski definition) is 3. The van der Waals surface area contributed by atoms with E-state index in [4.69, 9.17) is 5.11 Å². The van der Waals surface area contributed by atoms with E-state index in [-0.39, 0.29) is 31.2 Å². The first kappa shape index (κ1) is 14.3. The van der Waals surface area contributed by atoms with Crippen LogP contribution in [0.1, 0.15) is 19.8 Å². The van der Waals surface area contributed by atoms with Crippen LogP contribution in [-0.4, -0.2) is 53.0 Å². The lowest BCUT2D eigenvalue weighted by molar-refractivity contribution is -0.142. The second kappa shape index (κ2) is 5.48. The molecule has 3 N–H and O–H groups in total. The van der Waals surface area contributed by atoms with Crippen molar-refractivity contribution in [1.29, 1.82) is 0 Å². The maximum Gasteiger partial charge on any atom is 0.318 e. The molecule has 2 heterocycles. The van der Waals surface area contributed by atoms with E-state index in [1.807, 2.05) is 0 Å². The molecule has 2 saturated heterocycles. The third-order valence-electron chi connectivity index (χ3n) is 3.75. The van der Waals surface area contributed by atoms with Gasteiger partial charge in [-0.1, -0.05) is 6.92 Å². The highest BCUT2D eigenvalue weighted by Crippen LogP contribution is 2.23. The van der Waals surface area contributed by atoms with Gasteiger partial charge in [0.1, 0.15) is 6.04 Å². The summed E-state index contributed by atoms with van der Waals surface area (Å²) in [6, 6.07) is -1.20. The van der Waals surface area contributed by atoms with Crippen molar-refractivity contribution >= 4 is 23.8 Å². The highest BCUT2D eigenvalue weighted by atomic mass is 16.4. The van der Waals surface area contributed by atoms with Crippen LogP contribution < -0.4 is 10.6 Å². The molecule has 110 valence electrons. The molecular formula is C12H17N3O5. The highest BCUT2D eigenvalue weighted by molar-refractivity contribution is 6.01. The van der Waals surface area contributed by atoms with Crippen LogP contribution in [0.25, 0.3) is 0 Å². The molecule has 20 heavy (non-hydrogen) atoms. The molecule has 2 aliphatic heterocycles. The SMILES string of the molecule is C[C@@H]1CN(C(=O)NC2CCC(=O)NC2=O)C[C@H]1C(=O)O. The average molecular weight is 283 g/mol. The second-order valence-electron chi connectivity index (χ2n) is 5.28. The van der Waals surface area contributed by atoms with Gasteiger partial charge in [0, 0.05) is 19.5 Å². The summed E-state index contributed by atoms with van der Waals surface area (Å²) in [7, 11) is 0. The number of hydrogen-bond acceptors (Lipinski definition) is 4. The third kappa shape index (κ3) is 2.89. The summed E-state index contributed by atoms with van der Waals surface area (Å²) in [5.74, 6) is -2.49. The number of piperidine rings is 1. The van der Waals surface area contributed by atoms with Crippen LogP contribution >= 0.6 is 0 Å². The highest BCUT2D eigenvalue weighted by Gasteiger charge is 2.38. The second-order valence-corrected chi connectivity index (χ2v) is 5.28. The Morgan fingerprint density at radius 3 is 2.60 bits per heavy atom. The maximum absolute atomic E-state index is 12.0. The molecule has 2 rings (SSSR count). The Kier molecular flexibility index (Phi) is 3.91. The summed E-state index contributed by atoms with van der Waals surface area (Å²) < 4.78 is 0. The molecule has 1 unspecified atom stereocenters. The number of imide groups is 1. The summed E-state index contributed by atoms with van der Waals surface area (Å²) >= 11 is 0. The Balaban J connectivity index is 1.91. The van der Waals surface area contributed by atoms with Gasteiger partial charge >= 0.3 is 12.0 Å². The lowest BCUT2D eigenvalue weighted by Gasteiger charge is -2.25. The first-order valence-corrected chi connectivity index (χ1v) is 6.50. The van der Waals surface area contributed by atoms with Crippen LogP contribution in [0.4, 0.5) is 4.79 Å². The summed E-state index contributed by atoms with van der Waals surface area (Å²) in [6.07, 6.45) is 0.451. The molecule has 0 radical (unpaired) electrons. The minimum atomic E-state index is -0.922. The van der Waals surface area contributed by atoms with E-state index in [0.717, 1.165) is 0 Å². The van der Waals surface area contributed by atoms with Crippen molar-refractivity contribution in [3.05, 3.63) is 0 Å². The standard InChI is InChI=1S/C12H17N3O5/c1-6-4-15(5-7(6)11(18)19)12(20)13-8-2-3-9(16)14-10(8)17/h6-8H,2-5H2,1H3,(H,13,20)(H,18,19)(H,14,16,17)/t6-,7-,8?/m1/s1. The summed E-state index contributed by atoms with van der Waals surface area (Å²) in [5, 5.41) is 13.7. The molecule has 0 aromatic rings. The van der Waals surface area contributed by atoms with Gasteiger partial charge in [0.2, 0.25) is 11.8 Å². The van der Waals surface area contributed by atoms with Crippen molar-refractivity contribution in [2.45, 2.75) is 25.8 Å². The van der Waals surface area contributed by atoms with Gasteiger partial charge < -0.3 is 15.3 Å². The molecule has 0 aromatic heterocycles. The van der Waals surface area contributed by atoms with Crippen molar-refractivity contribution in [3.63, 3.8) is 0 Å². The fraction of sp³-hybridized carbons (Fsp3) is 0.667. The quantitative estimate of drug-likeness (QED) is 0.571. The van der Waals surface area contributed by atoms with E-state index in [1.165, 1.54) is 4.90 Å². The van der Waals surface area contributed by atoms with E-state index in [0.29, 0.717) is 6.54 Å². The fourth-order valence-electron chi connectivity index (χ4n) is 2.53. The van der Waals surface area contributed by atoms with Crippen molar-refractivity contribution in [3.8, 4) is 0 Å². The molecule has 0 saturated carbocycles. The first-order valence-electron chi connectivity index (χ1n) is 6.50. The monoisotopic (exact) mass is 283 g/mol. The lowest BCUT2D eigenvalue weighted by Crippen LogP contribution is -2.54. The zero-order valence-corrected chi connectivity index (χ0v) is 11.1. The number of carbonyl (C=O) groups is 4. The van der Waals surface area contributed by atoms with E-state index < -0.39 is 29.9 Å². The van der Waals surface area contributed by atoms with E-state index >= 15 is 0 Å². The van der Waals surface area contributed by atoms with E-state index in [9.17, 15) is 19.2 Å². The number of amides is 4. The summed E-state index contributed by atoms with van der Waals surface area (Å²) in [6.45, 7) is 2.25. The largest absolute Gasteiger partial charge is 0.481 e. The Labute approximate surface area is 115 Å². The van der Waals surface area contributed by atoms with Crippen molar-refractivity contribution in [2.24, 2.45) is 11.8 Å². The molecular weight excluding hydrogens is 266 g/mol. The number of carboxylic acids is 1. The molecule has 0 bridgehead atoms.